The van der Waals surface area contributed by atoms with E-state index in [1.807, 2.05) is 6.92 Å². The first-order chi connectivity index (χ1) is 8.58. The van der Waals surface area contributed by atoms with E-state index in [2.05, 4.69) is 5.32 Å². The van der Waals surface area contributed by atoms with E-state index >= 15 is 0 Å². The van der Waals surface area contributed by atoms with Gasteiger partial charge in [0.25, 0.3) is 5.91 Å². The molecule has 18 heavy (non-hydrogen) atoms. The first-order valence-electron chi connectivity index (χ1n) is 5.91. The van der Waals surface area contributed by atoms with E-state index in [-0.39, 0.29) is 18.4 Å². The number of nitrogen functional groups attached to an aromatic ring is 1. The van der Waals surface area contributed by atoms with Gasteiger partial charge in [0, 0.05) is 24.9 Å². The van der Waals surface area contributed by atoms with Crippen LogP contribution in [-0.4, -0.2) is 31.3 Å². The fourth-order valence-corrected chi connectivity index (χ4v) is 1.58. The van der Waals surface area contributed by atoms with Crippen LogP contribution >= 0.6 is 0 Å². The lowest BCUT2D eigenvalue weighted by Gasteiger charge is -2.13. The number of methoxy groups -OCH3 is 1. The Kier molecular flexibility index (Phi) is 5.45. The normalized spacial score (nSPS) is 11.9. The standard InChI is InChI=1S/C13H20N2O3/c1-9(5-6-16)8-15-13(17)11-4-3-10(14)7-12(11)18-2/h3-4,7,9,16H,5-6,8,14H2,1-2H3,(H,15,17). The summed E-state index contributed by atoms with van der Waals surface area (Å²) in [5, 5.41) is 11.6. The second kappa shape index (κ2) is 6.86. The Balaban J connectivity index is 2.66. The molecule has 1 rings (SSSR count). The van der Waals surface area contributed by atoms with Crippen LogP contribution in [0.4, 0.5) is 5.69 Å². The number of amides is 1. The number of rotatable bonds is 6. The van der Waals surface area contributed by atoms with E-state index in [0.717, 1.165) is 0 Å². The third-order valence-electron chi connectivity index (χ3n) is 2.70. The van der Waals surface area contributed by atoms with Gasteiger partial charge in [0.05, 0.1) is 12.7 Å². The van der Waals surface area contributed by atoms with Gasteiger partial charge in [0.1, 0.15) is 5.75 Å². The Labute approximate surface area is 107 Å². The minimum atomic E-state index is -0.198. The summed E-state index contributed by atoms with van der Waals surface area (Å²) in [6.45, 7) is 2.62. The maximum absolute atomic E-state index is 11.9. The fourth-order valence-electron chi connectivity index (χ4n) is 1.58. The lowest BCUT2D eigenvalue weighted by Crippen LogP contribution is -2.29. The molecule has 1 aromatic rings. The molecule has 1 atom stereocenters. The van der Waals surface area contributed by atoms with Gasteiger partial charge in [-0.25, -0.2) is 0 Å². The van der Waals surface area contributed by atoms with Crippen LogP contribution in [0.5, 0.6) is 5.75 Å². The zero-order valence-corrected chi connectivity index (χ0v) is 10.8. The molecule has 0 saturated heterocycles. The molecule has 5 nitrogen and oxygen atoms in total. The van der Waals surface area contributed by atoms with Gasteiger partial charge in [-0.15, -0.1) is 0 Å². The Bertz CT molecular complexity index is 407. The number of nitrogens with one attached hydrogen (secondary N) is 1. The van der Waals surface area contributed by atoms with Crippen LogP contribution in [0.25, 0.3) is 0 Å². The number of hydrogen-bond acceptors (Lipinski definition) is 4. The summed E-state index contributed by atoms with van der Waals surface area (Å²) in [5.74, 6) is 0.498. The molecular formula is C13H20N2O3. The van der Waals surface area contributed by atoms with Gasteiger partial charge in [0.15, 0.2) is 0 Å². The lowest BCUT2D eigenvalue weighted by atomic mass is 10.1. The molecule has 5 heteroatoms. The summed E-state index contributed by atoms with van der Waals surface area (Å²) < 4.78 is 5.12. The average molecular weight is 252 g/mol. The van der Waals surface area contributed by atoms with E-state index < -0.39 is 0 Å². The van der Waals surface area contributed by atoms with Crippen molar-refractivity contribution >= 4 is 11.6 Å². The van der Waals surface area contributed by atoms with Crippen LogP contribution in [0.3, 0.4) is 0 Å². The van der Waals surface area contributed by atoms with E-state index in [1.54, 1.807) is 18.2 Å². The quantitative estimate of drug-likeness (QED) is 0.660. The molecular weight excluding hydrogens is 232 g/mol. The first kappa shape index (κ1) is 14.3. The molecule has 1 unspecified atom stereocenters. The second-order valence-electron chi connectivity index (χ2n) is 4.29. The number of aliphatic hydroxyl groups is 1. The van der Waals surface area contributed by atoms with Gasteiger partial charge < -0.3 is 20.9 Å². The smallest absolute Gasteiger partial charge is 0.255 e. The molecule has 0 aliphatic carbocycles. The van der Waals surface area contributed by atoms with Crippen molar-refractivity contribution < 1.29 is 14.6 Å². The molecule has 0 aliphatic rings. The topological polar surface area (TPSA) is 84.6 Å². The number of anilines is 1. The van der Waals surface area contributed by atoms with Gasteiger partial charge in [-0.1, -0.05) is 6.92 Å². The first-order valence-corrected chi connectivity index (χ1v) is 5.91. The minimum Gasteiger partial charge on any atom is -0.496 e. The van der Waals surface area contributed by atoms with Crippen molar-refractivity contribution in [2.75, 3.05) is 26.0 Å². The van der Waals surface area contributed by atoms with Crippen molar-refractivity contribution in [1.82, 2.24) is 5.32 Å². The average Bonchev–Trinajstić information content (AvgIpc) is 2.36. The van der Waals surface area contributed by atoms with Crippen LogP contribution in [0, 0.1) is 5.92 Å². The Morgan fingerprint density at radius 1 is 1.56 bits per heavy atom. The Morgan fingerprint density at radius 3 is 2.89 bits per heavy atom. The number of nitrogens with two attached hydrogens (primary N) is 1. The van der Waals surface area contributed by atoms with E-state index in [9.17, 15) is 4.79 Å². The van der Waals surface area contributed by atoms with Gasteiger partial charge in [-0.2, -0.15) is 0 Å². The highest BCUT2D eigenvalue weighted by Crippen LogP contribution is 2.21. The van der Waals surface area contributed by atoms with Gasteiger partial charge in [-0.05, 0) is 24.5 Å². The molecule has 1 amide bonds. The van der Waals surface area contributed by atoms with Crippen molar-refractivity contribution in [2.45, 2.75) is 13.3 Å². The summed E-state index contributed by atoms with van der Waals surface area (Å²) in [4.78, 5) is 11.9. The zero-order chi connectivity index (χ0) is 13.5. The van der Waals surface area contributed by atoms with E-state index in [0.29, 0.717) is 30.0 Å². The molecule has 1 aromatic carbocycles. The second-order valence-corrected chi connectivity index (χ2v) is 4.29. The summed E-state index contributed by atoms with van der Waals surface area (Å²) in [5.41, 5.74) is 6.64. The number of ether oxygens (including phenoxy) is 1. The number of aliphatic hydroxyl groups excluding tert-OH is 1. The van der Waals surface area contributed by atoms with E-state index in [1.165, 1.54) is 7.11 Å². The van der Waals surface area contributed by atoms with Crippen LogP contribution in [0.1, 0.15) is 23.7 Å². The molecule has 0 spiro atoms. The SMILES string of the molecule is COc1cc(N)ccc1C(=O)NCC(C)CCO. The number of benzene rings is 1. The van der Waals surface area contributed by atoms with Crippen molar-refractivity contribution in [3.05, 3.63) is 23.8 Å². The molecule has 4 N–H and O–H groups in total. The Morgan fingerprint density at radius 2 is 2.28 bits per heavy atom. The molecule has 0 saturated carbocycles. The largest absolute Gasteiger partial charge is 0.496 e. The highest BCUT2D eigenvalue weighted by Gasteiger charge is 2.13. The van der Waals surface area contributed by atoms with Crippen molar-refractivity contribution in [1.29, 1.82) is 0 Å². The zero-order valence-electron chi connectivity index (χ0n) is 10.8. The molecule has 0 bridgehead atoms. The molecule has 0 radical (unpaired) electrons. The van der Waals surface area contributed by atoms with Gasteiger partial charge in [-0.3, -0.25) is 4.79 Å². The summed E-state index contributed by atoms with van der Waals surface area (Å²) in [6.07, 6.45) is 0.666. The number of carbonyl (C=O) groups excluding carboxylic acids is 1. The summed E-state index contributed by atoms with van der Waals surface area (Å²) in [6, 6.07) is 4.92. The predicted octanol–water partition coefficient (Wildman–Crippen LogP) is 1.03. The molecule has 100 valence electrons. The molecule has 0 aliphatic heterocycles. The molecule has 0 aromatic heterocycles. The fraction of sp³-hybridized carbons (Fsp3) is 0.462. The molecule has 0 fully saturated rings. The van der Waals surface area contributed by atoms with Crippen LogP contribution in [0.2, 0.25) is 0 Å². The third-order valence-corrected chi connectivity index (χ3v) is 2.70. The maximum atomic E-state index is 11.9. The Hall–Kier alpha value is -1.75. The maximum Gasteiger partial charge on any atom is 0.255 e. The number of hydrogen-bond donors (Lipinski definition) is 3. The third kappa shape index (κ3) is 3.92. The van der Waals surface area contributed by atoms with Crippen molar-refractivity contribution in [3.8, 4) is 5.75 Å². The minimum absolute atomic E-state index is 0.127. The highest BCUT2D eigenvalue weighted by molar-refractivity contribution is 5.97. The van der Waals surface area contributed by atoms with Gasteiger partial charge >= 0.3 is 0 Å². The monoisotopic (exact) mass is 252 g/mol. The number of carbonyl (C=O) groups is 1. The van der Waals surface area contributed by atoms with Crippen LogP contribution in [-0.2, 0) is 0 Å². The van der Waals surface area contributed by atoms with E-state index in [4.69, 9.17) is 15.6 Å². The predicted molar refractivity (Wildman–Crippen MR) is 70.6 cm³/mol. The van der Waals surface area contributed by atoms with Gasteiger partial charge in [0.2, 0.25) is 0 Å². The highest BCUT2D eigenvalue weighted by atomic mass is 16.5. The van der Waals surface area contributed by atoms with Crippen molar-refractivity contribution in [3.63, 3.8) is 0 Å². The van der Waals surface area contributed by atoms with Crippen molar-refractivity contribution in [2.24, 2.45) is 5.92 Å². The summed E-state index contributed by atoms with van der Waals surface area (Å²) in [7, 11) is 1.50. The van der Waals surface area contributed by atoms with Crippen LogP contribution < -0.4 is 15.8 Å². The lowest BCUT2D eigenvalue weighted by molar-refractivity contribution is 0.0942. The summed E-state index contributed by atoms with van der Waals surface area (Å²) >= 11 is 0. The van der Waals surface area contributed by atoms with Crippen LogP contribution in [0.15, 0.2) is 18.2 Å². The molecule has 0 heterocycles.